The Hall–Kier alpha value is -6.74. The normalized spacial score (nSPS) is 10.9. The van der Waals surface area contributed by atoms with Crippen molar-refractivity contribution in [1.29, 1.82) is 0 Å². The van der Waals surface area contributed by atoms with Crippen LogP contribution in [0.15, 0.2) is 134 Å². The lowest BCUT2D eigenvalue weighted by Gasteiger charge is -2.02. The summed E-state index contributed by atoms with van der Waals surface area (Å²) >= 11 is 23.3. The van der Waals surface area contributed by atoms with Crippen LogP contribution >= 0.6 is 46.4 Å². The van der Waals surface area contributed by atoms with E-state index in [4.69, 9.17) is 61.7 Å². The molecule has 9 aromatic rings. The number of hydrogen-bond donors (Lipinski definition) is 3. The van der Waals surface area contributed by atoms with Gasteiger partial charge in [0.05, 0.1) is 68.4 Å². The van der Waals surface area contributed by atoms with E-state index in [9.17, 15) is 0 Å². The SMILES string of the molecule is C#CCO.CCc1cn(Cc2ccccc2Cl)nn1.CCc1nnn2c1-c1ccccc1C2.ClCc1ccccc1Cl.OCc1cn(Cc2ccccc2Cl)nn1.OCc1nnn2c1-c1ccccc1C2. The van der Waals surface area contributed by atoms with Gasteiger partial charge in [0.15, 0.2) is 0 Å². The lowest BCUT2D eigenvalue weighted by molar-refractivity contribution is 0.276. The highest BCUT2D eigenvalue weighted by molar-refractivity contribution is 6.32. The second-order valence-electron chi connectivity index (χ2n) is 15.5. The summed E-state index contributed by atoms with van der Waals surface area (Å²) in [6.45, 7) is 6.75. The summed E-state index contributed by atoms with van der Waals surface area (Å²) in [5.41, 5.74) is 13.6. The second kappa shape index (κ2) is 27.6. The number of aliphatic hydroxyl groups is 3. The molecule has 0 spiro atoms. The number of aromatic nitrogens is 12. The first-order valence-electron chi connectivity index (χ1n) is 22.5. The fourth-order valence-electron chi connectivity index (χ4n) is 7.23. The van der Waals surface area contributed by atoms with E-state index in [1.165, 1.54) is 22.4 Å². The largest absolute Gasteiger partial charge is 0.390 e. The molecule has 0 amide bonds. The number of aliphatic hydroxyl groups excluding tert-OH is 3. The van der Waals surface area contributed by atoms with E-state index in [1.54, 1.807) is 15.6 Å². The Balaban J connectivity index is 0.000000144. The van der Waals surface area contributed by atoms with E-state index < -0.39 is 0 Å². The van der Waals surface area contributed by atoms with Gasteiger partial charge >= 0.3 is 0 Å². The molecule has 19 heteroatoms. The highest BCUT2D eigenvalue weighted by Crippen LogP contribution is 2.34. The molecule has 2 aliphatic heterocycles. The molecule has 0 saturated carbocycles. The van der Waals surface area contributed by atoms with E-state index in [0.29, 0.717) is 35.4 Å². The van der Waals surface area contributed by atoms with Crippen LogP contribution in [0.1, 0.15) is 64.4 Å². The molecule has 0 saturated heterocycles. The topological polar surface area (TPSA) is 184 Å². The molecule has 366 valence electrons. The minimum absolute atomic E-state index is 0.0519. The summed E-state index contributed by atoms with van der Waals surface area (Å²) < 4.78 is 7.27. The van der Waals surface area contributed by atoms with Crippen LogP contribution in [0.4, 0.5) is 0 Å². The maximum atomic E-state index is 9.10. The van der Waals surface area contributed by atoms with Crippen LogP contribution in [0, 0.1) is 12.3 Å². The van der Waals surface area contributed by atoms with Gasteiger partial charge in [-0.2, -0.15) is 0 Å². The van der Waals surface area contributed by atoms with Gasteiger partial charge in [-0.25, -0.2) is 18.7 Å². The summed E-state index contributed by atoms with van der Waals surface area (Å²) in [7, 11) is 0. The van der Waals surface area contributed by atoms with Gasteiger partial charge in [0.1, 0.15) is 18.0 Å². The Labute approximate surface area is 432 Å². The van der Waals surface area contributed by atoms with Crippen LogP contribution in [-0.4, -0.2) is 81.9 Å². The lowest BCUT2D eigenvalue weighted by atomic mass is 10.1. The van der Waals surface area contributed by atoms with E-state index >= 15 is 0 Å². The average molecular weight is 1030 g/mol. The Morgan fingerprint density at radius 2 is 0.944 bits per heavy atom. The maximum absolute atomic E-state index is 9.10. The number of terminal acetylenes is 1. The number of hydrogen-bond acceptors (Lipinski definition) is 11. The van der Waals surface area contributed by atoms with Crippen molar-refractivity contribution < 1.29 is 15.3 Å². The third-order valence-electron chi connectivity index (χ3n) is 10.7. The molecule has 0 bridgehead atoms. The Bertz CT molecular complexity index is 2950. The second-order valence-corrected chi connectivity index (χ2v) is 17.0. The number of alkyl halides is 1. The van der Waals surface area contributed by atoms with Crippen molar-refractivity contribution in [3.8, 4) is 34.9 Å². The predicted octanol–water partition coefficient (Wildman–Crippen LogP) is 9.37. The van der Waals surface area contributed by atoms with Crippen LogP contribution < -0.4 is 0 Å². The molecule has 15 nitrogen and oxygen atoms in total. The summed E-state index contributed by atoms with van der Waals surface area (Å²) in [6.07, 6.45) is 10.0. The number of halogens is 4. The van der Waals surface area contributed by atoms with Gasteiger partial charge in [-0.3, -0.25) is 0 Å². The molecule has 3 N–H and O–H groups in total. The van der Waals surface area contributed by atoms with Gasteiger partial charge in [0, 0.05) is 38.3 Å². The highest BCUT2D eigenvalue weighted by Gasteiger charge is 2.24. The molecule has 0 atom stereocenters. The Morgan fingerprint density at radius 3 is 1.34 bits per heavy atom. The monoisotopic (exact) mass is 1030 g/mol. The molecule has 0 aliphatic carbocycles. The quantitative estimate of drug-likeness (QED) is 0.0925. The predicted molar refractivity (Wildman–Crippen MR) is 278 cm³/mol. The van der Waals surface area contributed by atoms with Crippen LogP contribution in [-0.2, 0) is 58.1 Å². The molecule has 0 unspecified atom stereocenters. The van der Waals surface area contributed by atoms with Crippen molar-refractivity contribution in [2.45, 2.75) is 72.0 Å². The smallest absolute Gasteiger partial charge is 0.116 e. The number of rotatable bonds is 9. The molecule has 2 aliphatic rings. The summed E-state index contributed by atoms with van der Waals surface area (Å²) in [5, 5.41) is 59.7. The first kappa shape index (κ1) is 53.6. The zero-order valence-corrected chi connectivity index (χ0v) is 42.1. The first-order chi connectivity index (χ1) is 34.6. The van der Waals surface area contributed by atoms with Crippen LogP contribution in [0.25, 0.3) is 22.5 Å². The summed E-state index contributed by atoms with van der Waals surface area (Å²) in [4.78, 5) is 0. The molecular weight excluding hydrogens is 982 g/mol. The fraction of sp³-hybridized carbons (Fsp3) is 0.231. The van der Waals surface area contributed by atoms with Crippen molar-refractivity contribution >= 4 is 46.4 Å². The molecule has 4 aromatic heterocycles. The van der Waals surface area contributed by atoms with Crippen LogP contribution in [0.3, 0.4) is 0 Å². The van der Waals surface area contributed by atoms with Gasteiger partial charge in [-0.05, 0) is 58.9 Å². The summed E-state index contributed by atoms with van der Waals surface area (Å²) in [5.74, 6) is 2.47. The average Bonchev–Trinajstić information content (AvgIpc) is 4.28. The number of benzene rings is 5. The zero-order valence-electron chi connectivity index (χ0n) is 39.1. The maximum Gasteiger partial charge on any atom is 0.116 e. The van der Waals surface area contributed by atoms with Crippen LogP contribution in [0.2, 0.25) is 15.1 Å². The van der Waals surface area contributed by atoms with Gasteiger partial charge in [-0.15, -0.1) is 38.4 Å². The molecule has 6 heterocycles. The Morgan fingerprint density at radius 1 is 0.521 bits per heavy atom. The Kier molecular flexibility index (Phi) is 20.8. The van der Waals surface area contributed by atoms with Gasteiger partial charge < -0.3 is 15.3 Å². The third-order valence-corrected chi connectivity index (χ3v) is 12.1. The molecule has 5 aromatic carbocycles. The van der Waals surface area contributed by atoms with Crippen molar-refractivity contribution in [3.63, 3.8) is 0 Å². The van der Waals surface area contributed by atoms with Crippen molar-refractivity contribution in [2.24, 2.45) is 0 Å². The van der Waals surface area contributed by atoms with E-state index in [0.717, 1.165) is 75.3 Å². The highest BCUT2D eigenvalue weighted by atomic mass is 35.5. The molecular formula is C52H52Cl4N12O3. The fourth-order valence-corrected chi connectivity index (χ4v) is 8.12. The summed E-state index contributed by atoms with van der Waals surface area (Å²) in [6, 6.07) is 39.5. The third kappa shape index (κ3) is 14.7. The van der Waals surface area contributed by atoms with Gasteiger partial charge in [-0.1, -0.05) is 179 Å². The molecule has 0 fully saturated rings. The lowest BCUT2D eigenvalue weighted by Crippen LogP contribution is -2.00. The standard InChI is InChI=1S/C11H12ClN3.C11H11N3.C10H10ClN3O.C10H9N3O.C7H6Cl2.C3H4O/c1-2-10-8-15(14-13-10)7-9-5-3-4-6-11(9)12;1-2-10-11-9-6-4-3-5-8(9)7-14(11)13-12-10;11-10-4-2-1-3-8(10)5-14-6-9(7-15)12-13-14;14-6-9-10-8-4-2-1-3-7(8)5-13(10)12-11-9;8-5-6-3-1-2-4-7(6)9;1-2-3-4/h3-6,8H,2,7H2,1H3;3-6H,2,7H2,1H3;1-4,6,15H,5,7H2;1-4,14H,5-6H2;1-4H,5H2;1,4H,3H2. The van der Waals surface area contributed by atoms with E-state index in [2.05, 4.69) is 91.9 Å². The van der Waals surface area contributed by atoms with E-state index in [1.807, 2.05) is 112 Å². The minimum Gasteiger partial charge on any atom is -0.390 e. The molecule has 71 heavy (non-hydrogen) atoms. The van der Waals surface area contributed by atoms with Crippen molar-refractivity contribution in [3.05, 3.63) is 199 Å². The van der Waals surface area contributed by atoms with Gasteiger partial charge in [0.25, 0.3) is 0 Å². The van der Waals surface area contributed by atoms with E-state index in [-0.39, 0.29) is 19.8 Å². The molecule has 0 radical (unpaired) electrons. The minimum atomic E-state index is -0.153. The number of aryl methyl sites for hydroxylation is 2. The number of fused-ring (bicyclic) bond motifs is 6. The van der Waals surface area contributed by atoms with Crippen molar-refractivity contribution in [1.82, 2.24) is 60.0 Å². The first-order valence-corrected chi connectivity index (χ1v) is 24.1. The number of nitrogens with zero attached hydrogens (tertiary/aromatic N) is 12. The zero-order chi connectivity index (χ0) is 50.5. The van der Waals surface area contributed by atoms with Gasteiger partial charge in [0.2, 0.25) is 0 Å². The van der Waals surface area contributed by atoms with Crippen LogP contribution in [0.5, 0.6) is 0 Å². The molecule has 11 rings (SSSR count). The van der Waals surface area contributed by atoms with Crippen molar-refractivity contribution in [2.75, 3.05) is 6.61 Å².